The van der Waals surface area contributed by atoms with E-state index in [1.54, 1.807) is 4.90 Å². The van der Waals surface area contributed by atoms with E-state index in [0.29, 0.717) is 13.1 Å². The van der Waals surface area contributed by atoms with Gasteiger partial charge < -0.3 is 10.2 Å². The van der Waals surface area contributed by atoms with Gasteiger partial charge in [0.25, 0.3) is 5.91 Å². The van der Waals surface area contributed by atoms with Gasteiger partial charge in [-0.25, -0.2) is 8.78 Å². The standard InChI is InChI=1S/C12H14F2N2O/c1-15-9-4-5-16(7-9)12(17)10-3-2-8(13)6-11(10)14/h2-3,6,9,15H,4-5,7H2,1H3. The first-order valence-electron chi connectivity index (χ1n) is 5.53. The van der Waals surface area contributed by atoms with E-state index in [1.807, 2.05) is 7.05 Å². The second-order valence-electron chi connectivity index (χ2n) is 4.15. The van der Waals surface area contributed by atoms with Crippen molar-refractivity contribution < 1.29 is 13.6 Å². The van der Waals surface area contributed by atoms with E-state index in [0.717, 1.165) is 18.6 Å². The molecule has 1 unspecified atom stereocenters. The highest BCUT2D eigenvalue weighted by molar-refractivity contribution is 5.94. The molecule has 1 aliphatic heterocycles. The number of benzene rings is 1. The van der Waals surface area contributed by atoms with Gasteiger partial charge in [-0.3, -0.25) is 4.79 Å². The van der Waals surface area contributed by atoms with E-state index in [4.69, 9.17) is 0 Å². The van der Waals surface area contributed by atoms with E-state index in [-0.39, 0.29) is 17.5 Å². The van der Waals surface area contributed by atoms with Crippen LogP contribution in [0.1, 0.15) is 16.8 Å². The number of amides is 1. The van der Waals surface area contributed by atoms with Crippen LogP contribution in [0, 0.1) is 11.6 Å². The molecule has 1 heterocycles. The highest BCUT2D eigenvalue weighted by Crippen LogP contribution is 2.16. The van der Waals surface area contributed by atoms with Gasteiger partial charge in [-0.05, 0) is 25.6 Å². The van der Waals surface area contributed by atoms with Gasteiger partial charge in [0.2, 0.25) is 0 Å². The summed E-state index contributed by atoms with van der Waals surface area (Å²) < 4.78 is 26.2. The molecule has 1 aromatic carbocycles. The molecule has 1 atom stereocenters. The van der Waals surface area contributed by atoms with Crippen LogP contribution >= 0.6 is 0 Å². The average Bonchev–Trinajstić information content (AvgIpc) is 2.76. The molecule has 17 heavy (non-hydrogen) atoms. The molecule has 0 radical (unpaired) electrons. The molecule has 1 amide bonds. The maximum Gasteiger partial charge on any atom is 0.256 e. The second kappa shape index (κ2) is 4.79. The third kappa shape index (κ3) is 2.44. The minimum absolute atomic E-state index is 0.0665. The van der Waals surface area contributed by atoms with Crippen LogP contribution in [-0.2, 0) is 0 Å². The molecule has 2 rings (SSSR count). The Balaban J connectivity index is 2.15. The molecule has 0 bridgehead atoms. The summed E-state index contributed by atoms with van der Waals surface area (Å²) in [5, 5.41) is 3.08. The van der Waals surface area contributed by atoms with Crippen LogP contribution in [0.2, 0.25) is 0 Å². The minimum atomic E-state index is -0.803. The smallest absolute Gasteiger partial charge is 0.256 e. The third-order valence-corrected chi connectivity index (χ3v) is 3.05. The molecule has 0 aromatic heterocycles. The van der Waals surface area contributed by atoms with Gasteiger partial charge in [0.1, 0.15) is 11.6 Å². The lowest BCUT2D eigenvalue weighted by Gasteiger charge is -2.16. The van der Waals surface area contributed by atoms with Crippen LogP contribution in [0.25, 0.3) is 0 Å². The molecule has 92 valence electrons. The van der Waals surface area contributed by atoms with Gasteiger partial charge in [-0.2, -0.15) is 0 Å². The van der Waals surface area contributed by atoms with Crippen LogP contribution in [0.5, 0.6) is 0 Å². The minimum Gasteiger partial charge on any atom is -0.337 e. The summed E-state index contributed by atoms with van der Waals surface area (Å²) >= 11 is 0. The molecule has 1 aromatic rings. The zero-order valence-electron chi connectivity index (χ0n) is 9.54. The van der Waals surface area contributed by atoms with Gasteiger partial charge >= 0.3 is 0 Å². The Hall–Kier alpha value is -1.49. The number of hydrogen-bond acceptors (Lipinski definition) is 2. The molecular weight excluding hydrogens is 226 g/mol. The van der Waals surface area contributed by atoms with Crippen LogP contribution in [0.15, 0.2) is 18.2 Å². The topological polar surface area (TPSA) is 32.3 Å². The molecule has 1 aliphatic rings. The fraction of sp³-hybridized carbons (Fsp3) is 0.417. The van der Waals surface area contributed by atoms with Crippen LogP contribution in [0.3, 0.4) is 0 Å². The van der Waals surface area contributed by atoms with Crippen molar-refractivity contribution in [1.29, 1.82) is 0 Å². The summed E-state index contributed by atoms with van der Waals surface area (Å²) in [6, 6.07) is 3.28. The van der Waals surface area contributed by atoms with Gasteiger partial charge in [0.05, 0.1) is 5.56 Å². The van der Waals surface area contributed by atoms with E-state index in [9.17, 15) is 13.6 Å². The normalized spacial score (nSPS) is 19.7. The van der Waals surface area contributed by atoms with Crippen molar-refractivity contribution in [2.24, 2.45) is 0 Å². The average molecular weight is 240 g/mol. The quantitative estimate of drug-likeness (QED) is 0.847. The third-order valence-electron chi connectivity index (χ3n) is 3.05. The molecule has 0 spiro atoms. The Morgan fingerprint density at radius 3 is 2.82 bits per heavy atom. The van der Waals surface area contributed by atoms with Crippen molar-refractivity contribution in [2.75, 3.05) is 20.1 Å². The zero-order chi connectivity index (χ0) is 12.4. The number of halogens is 2. The van der Waals surface area contributed by atoms with Crippen LogP contribution < -0.4 is 5.32 Å². The fourth-order valence-electron chi connectivity index (χ4n) is 2.01. The molecule has 1 N–H and O–H groups in total. The monoisotopic (exact) mass is 240 g/mol. The number of carbonyl (C=O) groups excluding carboxylic acids is 1. The number of likely N-dealkylation sites (tertiary alicyclic amines) is 1. The Morgan fingerprint density at radius 1 is 1.47 bits per heavy atom. The number of nitrogens with one attached hydrogen (secondary N) is 1. The van der Waals surface area contributed by atoms with E-state index in [2.05, 4.69) is 5.32 Å². The predicted octanol–water partition coefficient (Wildman–Crippen LogP) is 1.40. The zero-order valence-corrected chi connectivity index (χ0v) is 9.54. The van der Waals surface area contributed by atoms with Crippen molar-refractivity contribution in [3.63, 3.8) is 0 Å². The second-order valence-corrected chi connectivity index (χ2v) is 4.15. The largest absolute Gasteiger partial charge is 0.337 e. The predicted molar refractivity (Wildman–Crippen MR) is 59.7 cm³/mol. The van der Waals surface area contributed by atoms with Crippen LogP contribution in [0.4, 0.5) is 8.78 Å². The fourth-order valence-corrected chi connectivity index (χ4v) is 2.01. The summed E-state index contributed by atoms with van der Waals surface area (Å²) in [6.45, 7) is 1.16. The molecule has 5 heteroatoms. The van der Waals surface area contributed by atoms with E-state index < -0.39 is 11.6 Å². The summed E-state index contributed by atoms with van der Waals surface area (Å²) in [6.07, 6.45) is 0.852. The Bertz CT molecular complexity index is 437. The maximum absolute atomic E-state index is 13.4. The summed E-state index contributed by atoms with van der Waals surface area (Å²) in [4.78, 5) is 13.6. The molecule has 3 nitrogen and oxygen atoms in total. The lowest BCUT2D eigenvalue weighted by Crippen LogP contribution is -2.33. The molecule has 1 saturated heterocycles. The van der Waals surface area contributed by atoms with Crippen molar-refractivity contribution >= 4 is 5.91 Å². The summed E-state index contributed by atoms with van der Waals surface area (Å²) in [7, 11) is 1.83. The molecule has 0 saturated carbocycles. The number of likely N-dealkylation sites (N-methyl/N-ethyl adjacent to an activating group) is 1. The van der Waals surface area contributed by atoms with Crippen molar-refractivity contribution in [1.82, 2.24) is 10.2 Å². The summed E-state index contributed by atoms with van der Waals surface area (Å²) in [5.41, 5.74) is -0.0665. The van der Waals surface area contributed by atoms with E-state index >= 15 is 0 Å². The number of rotatable bonds is 2. The number of hydrogen-bond donors (Lipinski definition) is 1. The van der Waals surface area contributed by atoms with Gasteiger partial charge in [0.15, 0.2) is 0 Å². The number of nitrogens with zero attached hydrogens (tertiary/aromatic N) is 1. The van der Waals surface area contributed by atoms with Gasteiger partial charge in [0, 0.05) is 25.2 Å². The lowest BCUT2D eigenvalue weighted by molar-refractivity contribution is 0.0785. The first kappa shape index (κ1) is 12.0. The van der Waals surface area contributed by atoms with Crippen molar-refractivity contribution in [2.45, 2.75) is 12.5 Å². The van der Waals surface area contributed by atoms with Crippen molar-refractivity contribution in [3.05, 3.63) is 35.4 Å². The summed E-state index contributed by atoms with van der Waals surface area (Å²) in [5.74, 6) is -1.85. The maximum atomic E-state index is 13.4. The first-order valence-corrected chi connectivity index (χ1v) is 5.53. The SMILES string of the molecule is CNC1CCN(C(=O)c2ccc(F)cc2F)C1. The molecule has 1 fully saturated rings. The van der Waals surface area contributed by atoms with E-state index in [1.165, 1.54) is 6.07 Å². The molecular formula is C12H14F2N2O. The lowest BCUT2D eigenvalue weighted by atomic mass is 10.2. The number of carbonyl (C=O) groups is 1. The highest BCUT2D eigenvalue weighted by Gasteiger charge is 2.27. The molecule has 0 aliphatic carbocycles. The highest BCUT2D eigenvalue weighted by atomic mass is 19.1. The Labute approximate surface area is 98.4 Å². The van der Waals surface area contributed by atoms with Crippen molar-refractivity contribution in [3.8, 4) is 0 Å². The Kier molecular flexibility index (Phi) is 3.38. The van der Waals surface area contributed by atoms with Crippen LogP contribution in [-0.4, -0.2) is 37.0 Å². The first-order chi connectivity index (χ1) is 8.11. The Morgan fingerprint density at radius 2 is 2.24 bits per heavy atom. The van der Waals surface area contributed by atoms with Gasteiger partial charge in [-0.15, -0.1) is 0 Å². The van der Waals surface area contributed by atoms with Gasteiger partial charge in [-0.1, -0.05) is 0 Å².